The number of amides is 1. The Kier molecular flexibility index (Phi) is 3.36. The molecule has 0 bridgehead atoms. The van der Waals surface area contributed by atoms with E-state index >= 15 is 0 Å². The van der Waals surface area contributed by atoms with Crippen LogP contribution in [0.1, 0.15) is 12.6 Å². The van der Waals surface area contributed by atoms with Crippen LogP contribution >= 0.6 is 11.6 Å². The molecule has 2 aromatic rings. The zero-order valence-corrected chi connectivity index (χ0v) is 11.6. The van der Waals surface area contributed by atoms with E-state index in [1.54, 1.807) is 23.1 Å². The van der Waals surface area contributed by atoms with Crippen LogP contribution in [0.15, 0.2) is 35.1 Å². The van der Waals surface area contributed by atoms with E-state index < -0.39 is 0 Å². The topological polar surface area (TPSA) is 55.6 Å². The Morgan fingerprint density at radius 3 is 3.10 bits per heavy atom. The minimum atomic E-state index is -0.108. The SMILES string of the molecule is C[C@H]1CN(C(=O)Cc2ccon2)c2cccc(Cl)c2O1. The van der Waals surface area contributed by atoms with Crippen molar-refractivity contribution in [3.05, 3.63) is 41.2 Å². The summed E-state index contributed by atoms with van der Waals surface area (Å²) in [5.74, 6) is 0.499. The number of para-hydroxylation sites is 1. The van der Waals surface area contributed by atoms with E-state index in [-0.39, 0.29) is 18.4 Å². The molecule has 0 unspecified atom stereocenters. The van der Waals surface area contributed by atoms with Gasteiger partial charge in [-0.2, -0.15) is 0 Å². The maximum Gasteiger partial charge on any atom is 0.233 e. The highest BCUT2D eigenvalue weighted by atomic mass is 35.5. The molecule has 1 atom stereocenters. The molecule has 0 radical (unpaired) electrons. The van der Waals surface area contributed by atoms with Crippen LogP contribution in [0.4, 0.5) is 5.69 Å². The van der Waals surface area contributed by atoms with E-state index in [9.17, 15) is 4.79 Å². The number of hydrogen-bond acceptors (Lipinski definition) is 4. The monoisotopic (exact) mass is 292 g/mol. The molecule has 0 N–H and O–H groups in total. The number of anilines is 1. The Morgan fingerprint density at radius 1 is 1.50 bits per heavy atom. The molecule has 1 amide bonds. The molecule has 5 nitrogen and oxygen atoms in total. The van der Waals surface area contributed by atoms with Crippen molar-refractivity contribution < 1.29 is 14.1 Å². The molecule has 6 heteroatoms. The molecule has 3 rings (SSSR count). The third-order valence-corrected chi connectivity index (χ3v) is 3.42. The van der Waals surface area contributed by atoms with Gasteiger partial charge in [-0.25, -0.2) is 0 Å². The van der Waals surface area contributed by atoms with Gasteiger partial charge in [-0.3, -0.25) is 4.79 Å². The summed E-state index contributed by atoms with van der Waals surface area (Å²) in [5, 5.41) is 4.27. The second-order valence-corrected chi connectivity index (χ2v) is 5.10. The number of fused-ring (bicyclic) bond motifs is 1. The standard InChI is InChI=1S/C14H13ClN2O3/c1-9-8-17(13(18)7-10-5-6-19-16-10)12-4-2-3-11(15)14(12)20-9/h2-6,9H,7-8H2,1H3/t9-/m0/s1. The average Bonchev–Trinajstić information content (AvgIpc) is 2.92. The quantitative estimate of drug-likeness (QED) is 0.854. The third kappa shape index (κ3) is 2.36. The van der Waals surface area contributed by atoms with Crippen molar-refractivity contribution in [2.75, 3.05) is 11.4 Å². The molecule has 1 aliphatic heterocycles. The van der Waals surface area contributed by atoms with Gasteiger partial charge in [-0.05, 0) is 19.1 Å². The molecule has 1 aromatic carbocycles. The van der Waals surface area contributed by atoms with Crippen LogP contribution in [0, 0.1) is 0 Å². The van der Waals surface area contributed by atoms with Gasteiger partial charge < -0.3 is 14.2 Å². The molecule has 0 saturated carbocycles. The molecule has 0 saturated heterocycles. The first-order valence-corrected chi connectivity index (χ1v) is 6.67. The molecule has 1 aliphatic rings. The average molecular weight is 293 g/mol. The van der Waals surface area contributed by atoms with Crippen molar-refractivity contribution in [3.8, 4) is 5.75 Å². The summed E-state index contributed by atoms with van der Waals surface area (Å²) in [6, 6.07) is 7.06. The third-order valence-electron chi connectivity index (χ3n) is 3.12. The van der Waals surface area contributed by atoms with Gasteiger partial charge >= 0.3 is 0 Å². The summed E-state index contributed by atoms with van der Waals surface area (Å²) in [4.78, 5) is 14.1. The minimum Gasteiger partial charge on any atom is -0.485 e. The predicted molar refractivity (Wildman–Crippen MR) is 74.1 cm³/mol. The van der Waals surface area contributed by atoms with Crippen molar-refractivity contribution in [2.24, 2.45) is 0 Å². The maximum absolute atomic E-state index is 12.4. The first kappa shape index (κ1) is 13.0. The molecular formula is C14H13ClN2O3. The highest BCUT2D eigenvalue weighted by Crippen LogP contribution is 2.39. The fourth-order valence-corrected chi connectivity index (χ4v) is 2.45. The summed E-state index contributed by atoms with van der Waals surface area (Å²) in [7, 11) is 0. The molecular weight excluding hydrogens is 280 g/mol. The Bertz CT molecular complexity index is 627. The summed E-state index contributed by atoms with van der Waals surface area (Å²) >= 11 is 6.13. The lowest BCUT2D eigenvalue weighted by molar-refractivity contribution is -0.118. The maximum atomic E-state index is 12.4. The molecule has 104 valence electrons. The minimum absolute atomic E-state index is 0.0578. The van der Waals surface area contributed by atoms with Crippen molar-refractivity contribution in [3.63, 3.8) is 0 Å². The van der Waals surface area contributed by atoms with Crippen molar-refractivity contribution in [1.29, 1.82) is 0 Å². The van der Waals surface area contributed by atoms with Crippen molar-refractivity contribution >= 4 is 23.2 Å². The summed E-state index contributed by atoms with van der Waals surface area (Å²) in [6.07, 6.45) is 1.54. The second-order valence-electron chi connectivity index (χ2n) is 4.69. The van der Waals surface area contributed by atoms with Crippen LogP contribution in [-0.4, -0.2) is 23.7 Å². The second kappa shape index (κ2) is 5.17. The molecule has 1 aromatic heterocycles. The van der Waals surface area contributed by atoms with E-state index in [0.29, 0.717) is 28.7 Å². The van der Waals surface area contributed by atoms with E-state index in [2.05, 4.69) is 5.16 Å². The van der Waals surface area contributed by atoms with Gasteiger partial charge in [0, 0.05) is 6.07 Å². The Balaban J connectivity index is 1.90. The van der Waals surface area contributed by atoms with E-state index in [4.69, 9.17) is 20.9 Å². The van der Waals surface area contributed by atoms with E-state index in [0.717, 1.165) is 0 Å². The molecule has 2 heterocycles. The van der Waals surface area contributed by atoms with Crippen LogP contribution in [0.5, 0.6) is 5.75 Å². The Morgan fingerprint density at radius 2 is 2.35 bits per heavy atom. The van der Waals surface area contributed by atoms with Gasteiger partial charge in [0.15, 0.2) is 5.75 Å². The molecule has 0 spiro atoms. The number of ether oxygens (including phenoxy) is 1. The first-order valence-electron chi connectivity index (χ1n) is 6.30. The fraction of sp³-hybridized carbons (Fsp3) is 0.286. The number of rotatable bonds is 2. The van der Waals surface area contributed by atoms with Gasteiger partial charge in [0.25, 0.3) is 0 Å². The molecule has 0 fully saturated rings. The number of halogens is 1. The number of hydrogen-bond donors (Lipinski definition) is 0. The van der Waals surface area contributed by atoms with E-state index in [1.807, 2.05) is 13.0 Å². The van der Waals surface area contributed by atoms with Gasteiger partial charge in [-0.15, -0.1) is 0 Å². The number of carbonyl (C=O) groups excluding carboxylic acids is 1. The van der Waals surface area contributed by atoms with Gasteiger partial charge in [-0.1, -0.05) is 22.8 Å². The predicted octanol–water partition coefficient (Wildman–Crippen LogP) is 2.68. The lowest BCUT2D eigenvalue weighted by Crippen LogP contribution is -2.43. The highest BCUT2D eigenvalue weighted by molar-refractivity contribution is 6.32. The normalized spacial score (nSPS) is 17.5. The van der Waals surface area contributed by atoms with Crippen molar-refractivity contribution in [1.82, 2.24) is 5.16 Å². The summed E-state index contributed by atoms with van der Waals surface area (Å²) in [5.41, 5.74) is 1.31. The van der Waals surface area contributed by atoms with Crippen molar-refractivity contribution in [2.45, 2.75) is 19.4 Å². The summed E-state index contributed by atoms with van der Waals surface area (Å²) in [6.45, 7) is 2.40. The molecule has 0 aliphatic carbocycles. The highest BCUT2D eigenvalue weighted by Gasteiger charge is 2.29. The van der Waals surface area contributed by atoms with E-state index in [1.165, 1.54) is 6.26 Å². The number of benzene rings is 1. The van der Waals surface area contributed by atoms with Crippen LogP contribution < -0.4 is 9.64 Å². The van der Waals surface area contributed by atoms with Crippen LogP contribution in [0.25, 0.3) is 0 Å². The first-order chi connectivity index (χ1) is 9.65. The van der Waals surface area contributed by atoms with Gasteiger partial charge in [0.2, 0.25) is 5.91 Å². The van der Waals surface area contributed by atoms with Crippen LogP contribution in [-0.2, 0) is 11.2 Å². The van der Waals surface area contributed by atoms with Crippen LogP contribution in [0.2, 0.25) is 5.02 Å². The lowest BCUT2D eigenvalue weighted by Gasteiger charge is -2.33. The Labute approximate surface area is 121 Å². The van der Waals surface area contributed by atoms with Gasteiger partial charge in [0.05, 0.1) is 29.4 Å². The number of nitrogens with zero attached hydrogens (tertiary/aromatic N) is 2. The number of aromatic nitrogens is 1. The largest absolute Gasteiger partial charge is 0.485 e. The number of carbonyl (C=O) groups is 1. The zero-order valence-electron chi connectivity index (χ0n) is 10.9. The van der Waals surface area contributed by atoms with Crippen LogP contribution in [0.3, 0.4) is 0 Å². The smallest absolute Gasteiger partial charge is 0.233 e. The van der Waals surface area contributed by atoms with Gasteiger partial charge in [0.1, 0.15) is 12.4 Å². The zero-order chi connectivity index (χ0) is 14.1. The lowest BCUT2D eigenvalue weighted by atomic mass is 10.1. The summed E-state index contributed by atoms with van der Waals surface area (Å²) < 4.78 is 10.5. The fourth-order valence-electron chi connectivity index (χ4n) is 2.24. The molecule has 20 heavy (non-hydrogen) atoms. The Hall–Kier alpha value is -2.01.